The molecule has 2 aliphatic rings. The van der Waals surface area contributed by atoms with E-state index in [1.165, 1.54) is 30.3 Å². The van der Waals surface area contributed by atoms with Gasteiger partial charge in [0.2, 0.25) is 0 Å². The van der Waals surface area contributed by atoms with Gasteiger partial charge < -0.3 is 9.50 Å². The number of imide groups is 1. The lowest BCUT2D eigenvalue weighted by Gasteiger charge is -2.30. The topological polar surface area (TPSA) is 165 Å². The number of carbonyl (C=O) groups excluding carboxylic acids is 3. The SMILES string of the molecule is O=C(NN1C(=O)NC2(CCCCC2)C1=O)c1ccc(OS(=O)(=O)c2cccc([N+](=O)[O-])c2)cc1. The Morgan fingerprint density at radius 2 is 1.76 bits per heavy atom. The number of carbonyl (C=O) groups is 3. The average Bonchev–Trinajstić information content (AvgIpc) is 3.03. The van der Waals surface area contributed by atoms with Crippen molar-refractivity contribution < 1.29 is 31.9 Å². The number of hydrazine groups is 1. The summed E-state index contributed by atoms with van der Waals surface area (Å²) >= 11 is 0. The zero-order chi connectivity index (χ0) is 24.5. The zero-order valence-electron chi connectivity index (χ0n) is 17.7. The van der Waals surface area contributed by atoms with Gasteiger partial charge in [0.05, 0.1) is 4.92 Å². The van der Waals surface area contributed by atoms with Crippen LogP contribution in [0.25, 0.3) is 0 Å². The van der Waals surface area contributed by atoms with Crippen LogP contribution in [-0.4, -0.2) is 41.7 Å². The summed E-state index contributed by atoms with van der Waals surface area (Å²) in [7, 11) is -4.36. The molecule has 34 heavy (non-hydrogen) atoms. The van der Waals surface area contributed by atoms with Crippen molar-refractivity contribution in [3.63, 3.8) is 0 Å². The Morgan fingerprint density at radius 3 is 2.41 bits per heavy atom. The van der Waals surface area contributed by atoms with Crippen LogP contribution in [0.3, 0.4) is 0 Å². The maximum Gasteiger partial charge on any atom is 0.344 e. The first-order valence-corrected chi connectivity index (χ1v) is 11.8. The van der Waals surface area contributed by atoms with E-state index in [0.29, 0.717) is 17.9 Å². The van der Waals surface area contributed by atoms with Crippen molar-refractivity contribution in [2.45, 2.75) is 42.5 Å². The van der Waals surface area contributed by atoms with Crippen LogP contribution < -0.4 is 14.9 Å². The fourth-order valence-electron chi connectivity index (χ4n) is 3.97. The number of benzene rings is 2. The van der Waals surface area contributed by atoms with Gasteiger partial charge in [-0.05, 0) is 43.2 Å². The maximum absolute atomic E-state index is 12.8. The van der Waals surface area contributed by atoms with Crippen molar-refractivity contribution in [2.24, 2.45) is 0 Å². The Kier molecular flexibility index (Phi) is 5.96. The number of nitro groups is 1. The highest BCUT2D eigenvalue weighted by atomic mass is 32.2. The van der Waals surface area contributed by atoms with E-state index in [4.69, 9.17) is 4.18 Å². The van der Waals surface area contributed by atoms with Crippen LogP contribution in [0.15, 0.2) is 53.4 Å². The Bertz CT molecular complexity index is 1270. The molecule has 4 rings (SSSR count). The molecule has 1 saturated heterocycles. The molecule has 13 heteroatoms. The van der Waals surface area contributed by atoms with E-state index in [9.17, 15) is 32.9 Å². The minimum absolute atomic E-state index is 0.0466. The van der Waals surface area contributed by atoms with Crippen molar-refractivity contribution >= 4 is 33.7 Å². The molecule has 0 aromatic heterocycles. The Balaban J connectivity index is 1.44. The van der Waals surface area contributed by atoms with E-state index in [2.05, 4.69) is 10.7 Å². The third-order valence-corrected chi connectivity index (χ3v) is 6.96. The fourth-order valence-corrected chi connectivity index (χ4v) is 4.94. The lowest BCUT2D eigenvalue weighted by Crippen LogP contribution is -2.50. The molecule has 0 atom stereocenters. The van der Waals surface area contributed by atoms with Gasteiger partial charge in [0.15, 0.2) is 0 Å². The molecule has 0 radical (unpaired) electrons. The quantitative estimate of drug-likeness (QED) is 0.270. The van der Waals surface area contributed by atoms with E-state index >= 15 is 0 Å². The van der Waals surface area contributed by atoms with Gasteiger partial charge in [-0.2, -0.15) is 13.4 Å². The van der Waals surface area contributed by atoms with Crippen molar-refractivity contribution in [1.29, 1.82) is 0 Å². The summed E-state index contributed by atoms with van der Waals surface area (Å²) < 4.78 is 29.9. The number of urea groups is 1. The number of nitro benzene ring substituents is 1. The van der Waals surface area contributed by atoms with Crippen molar-refractivity contribution in [3.8, 4) is 5.75 Å². The molecule has 1 heterocycles. The van der Waals surface area contributed by atoms with Crippen LogP contribution in [-0.2, 0) is 14.9 Å². The van der Waals surface area contributed by atoms with Crippen LogP contribution in [0, 0.1) is 10.1 Å². The van der Waals surface area contributed by atoms with Crippen LogP contribution >= 0.6 is 0 Å². The van der Waals surface area contributed by atoms with Crippen molar-refractivity contribution in [2.75, 3.05) is 0 Å². The highest BCUT2D eigenvalue weighted by Gasteiger charge is 2.52. The highest BCUT2D eigenvalue weighted by molar-refractivity contribution is 7.87. The molecule has 1 aliphatic heterocycles. The van der Waals surface area contributed by atoms with E-state index in [1.807, 2.05) is 0 Å². The number of nitrogens with zero attached hydrogens (tertiary/aromatic N) is 2. The predicted molar refractivity (Wildman–Crippen MR) is 116 cm³/mol. The molecule has 2 aromatic carbocycles. The first-order chi connectivity index (χ1) is 16.1. The fraction of sp³-hybridized carbons (Fsp3) is 0.286. The summed E-state index contributed by atoms with van der Waals surface area (Å²) in [6.07, 6.45) is 3.59. The number of hydrogen-bond acceptors (Lipinski definition) is 8. The predicted octanol–water partition coefficient (Wildman–Crippen LogP) is 2.26. The van der Waals surface area contributed by atoms with Crippen LogP contribution in [0.1, 0.15) is 42.5 Å². The molecule has 1 spiro atoms. The molecular formula is C21H20N4O8S. The molecule has 4 amide bonds. The second-order valence-electron chi connectivity index (χ2n) is 7.97. The van der Waals surface area contributed by atoms with Gasteiger partial charge in [0.1, 0.15) is 16.2 Å². The van der Waals surface area contributed by atoms with Gasteiger partial charge in [-0.3, -0.25) is 25.1 Å². The van der Waals surface area contributed by atoms with E-state index in [-0.39, 0.29) is 11.3 Å². The second kappa shape index (κ2) is 8.74. The minimum Gasteiger partial charge on any atom is -0.379 e. The highest BCUT2D eigenvalue weighted by Crippen LogP contribution is 2.33. The van der Waals surface area contributed by atoms with Gasteiger partial charge in [-0.25, -0.2) is 4.79 Å². The molecule has 178 valence electrons. The first kappa shape index (κ1) is 23.2. The Labute approximate surface area is 194 Å². The second-order valence-corrected chi connectivity index (χ2v) is 9.52. The summed E-state index contributed by atoms with van der Waals surface area (Å²) in [6, 6.07) is 8.60. The standard InChI is InChI=1S/C21H20N4O8S/c26-18(23-24-19(27)21(22-20(24)28)11-2-1-3-12-21)14-7-9-16(10-8-14)33-34(31,32)17-6-4-5-15(13-17)25(29)30/h4-10,13H,1-3,11-12H2,(H,22,28)(H,23,26). The summed E-state index contributed by atoms with van der Waals surface area (Å²) in [6.45, 7) is 0. The lowest BCUT2D eigenvalue weighted by atomic mass is 9.82. The normalized spacial score (nSPS) is 17.4. The lowest BCUT2D eigenvalue weighted by molar-refractivity contribution is -0.385. The maximum atomic E-state index is 12.8. The minimum atomic E-state index is -4.36. The largest absolute Gasteiger partial charge is 0.379 e. The third-order valence-electron chi connectivity index (χ3n) is 5.72. The molecule has 1 aliphatic carbocycles. The van der Waals surface area contributed by atoms with Gasteiger partial charge in [-0.15, -0.1) is 0 Å². The van der Waals surface area contributed by atoms with Crippen molar-refractivity contribution in [1.82, 2.24) is 15.8 Å². The molecule has 12 nitrogen and oxygen atoms in total. The molecule has 2 fully saturated rings. The number of hydrogen-bond donors (Lipinski definition) is 2. The first-order valence-electron chi connectivity index (χ1n) is 10.4. The van der Waals surface area contributed by atoms with E-state index < -0.39 is 49.0 Å². The summed E-state index contributed by atoms with van der Waals surface area (Å²) in [5.74, 6) is -1.39. The number of amides is 4. The van der Waals surface area contributed by atoms with Gasteiger partial charge >= 0.3 is 16.1 Å². The summed E-state index contributed by atoms with van der Waals surface area (Å²) in [5.41, 5.74) is 0.938. The molecular weight excluding hydrogens is 468 g/mol. The smallest absolute Gasteiger partial charge is 0.344 e. The van der Waals surface area contributed by atoms with E-state index in [1.54, 1.807) is 0 Å². The van der Waals surface area contributed by atoms with Gasteiger partial charge in [0.25, 0.3) is 17.5 Å². The number of non-ortho nitro benzene ring substituents is 1. The molecule has 0 unspecified atom stereocenters. The van der Waals surface area contributed by atoms with Crippen LogP contribution in [0.4, 0.5) is 10.5 Å². The van der Waals surface area contributed by atoms with Crippen LogP contribution in [0.5, 0.6) is 5.75 Å². The molecule has 1 saturated carbocycles. The summed E-state index contributed by atoms with van der Waals surface area (Å²) in [4.78, 5) is 47.4. The molecule has 2 aromatic rings. The summed E-state index contributed by atoms with van der Waals surface area (Å²) in [5, 5.41) is 14.2. The van der Waals surface area contributed by atoms with Gasteiger partial charge in [-0.1, -0.05) is 25.3 Å². The number of rotatable bonds is 6. The third kappa shape index (κ3) is 4.41. The Hall–Kier alpha value is -4.00. The zero-order valence-corrected chi connectivity index (χ0v) is 18.5. The molecule has 0 bridgehead atoms. The number of nitrogens with one attached hydrogen (secondary N) is 2. The van der Waals surface area contributed by atoms with E-state index in [0.717, 1.165) is 37.5 Å². The van der Waals surface area contributed by atoms with Crippen LogP contribution in [0.2, 0.25) is 0 Å². The average molecular weight is 488 g/mol. The Morgan fingerprint density at radius 1 is 1.09 bits per heavy atom. The monoisotopic (exact) mass is 488 g/mol. The van der Waals surface area contributed by atoms with Gasteiger partial charge in [0, 0.05) is 17.7 Å². The van der Waals surface area contributed by atoms with Crippen molar-refractivity contribution in [3.05, 3.63) is 64.2 Å². The molecule has 2 N–H and O–H groups in total.